The van der Waals surface area contributed by atoms with Gasteiger partial charge in [0.1, 0.15) is 22.1 Å². The SMILES string of the molecule is N#CC1=C(N)n2c(sc(=Cc3ccc(F)cc3)c2=O)=C(C#N)[C@H]1c1ccc(F)cc1. The molecular weight excluding hydrogens is 406 g/mol. The summed E-state index contributed by atoms with van der Waals surface area (Å²) in [5, 5.41) is 19.6. The second-order valence-electron chi connectivity index (χ2n) is 6.53. The van der Waals surface area contributed by atoms with Gasteiger partial charge in [0.15, 0.2) is 0 Å². The van der Waals surface area contributed by atoms with Crippen LogP contribution in [0.15, 0.2) is 58.9 Å². The molecule has 3 aromatic rings. The zero-order valence-electron chi connectivity index (χ0n) is 15.3. The number of hydrogen-bond acceptors (Lipinski definition) is 5. The van der Waals surface area contributed by atoms with E-state index < -0.39 is 23.1 Å². The average molecular weight is 418 g/mol. The van der Waals surface area contributed by atoms with Gasteiger partial charge in [0.05, 0.1) is 33.7 Å². The molecule has 0 fully saturated rings. The van der Waals surface area contributed by atoms with E-state index in [-0.39, 0.29) is 21.5 Å². The standard InChI is InChI=1S/C22H12F2N4OS/c23-14-5-1-12(2-6-14)9-18-21(29)28-20(27)16(10-25)19(17(11-26)22(28)30-18)13-3-7-15(24)8-4-13/h1-9,19H,27H2/t19-/m0/s1. The van der Waals surface area contributed by atoms with Crippen molar-refractivity contribution < 1.29 is 8.78 Å². The Morgan fingerprint density at radius 3 is 2.10 bits per heavy atom. The zero-order valence-corrected chi connectivity index (χ0v) is 16.1. The first-order chi connectivity index (χ1) is 14.4. The van der Waals surface area contributed by atoms with Gasteiger partial charge in [-0.15, -0.1) is 11.3 Å². The Morgan fingerprint density at radius 1 is 0.967 bits per heavy atom. The van der Waals surface area contributed by atoms with E-state index in [9.17, 15) is 24.1 Å². The molecule has 1 atom stereocenters. The van der Waals surface area contributed by atoms with E-state index in [2.05, 4.69) is 6.07 Å². The van der Waals surface area contributed by atoms with E-state index >= 15 is 0 Å². The second kappa shape index (κ2) is 7.43. The normalized spacial score (nSPS) is 16.2. The van der Waals surface area contributed by atoms with Gasteiger partial charge >= 0.3 is 0 Å². The fourth-order valence-corrected chi connectivity index (χ4v) is 4.48. The molecule has 8 heteroatoms. The van der Waals surface area contributed by atoms with Crippen LogP contribution >= 0.6 is 11.3 Å². The largest absolute Gasteiger partial charge is 0.384 e. The molecule has 0 saturated heterocycles. The molecule has 2 N–H and O–H groups in total. The Morgan fingerprint density at radius 2 is 1.53 bits per heavy atom. The number of aromatic nitrogens is 1. The molecule has 4 rings (SSSR count). The highest BCUT2D eigenvalue weighted by molar-refractivity contribution is 7.07. The maximum absolute atomic E-state index is 13.4. The van der Waals surface area contributed by atoms with Crippen molar-refractivity contribution >= 4 is 28.8 Å². The Labute approximate surface area is 173 Å². The Bertz CT molecular complexity index is 1450. The van der Waals surface area contributed by atoms with Crippen LogP contribution in [0.2, 0.25) is 0 Å². The van der Waals surface area contributed by atoms with E-state index in [0.29, 0.717) is 15.8 Å². The molecule has 0 unspecified atom stereocenters. The monoisotopic (exact) mass is 418 g/mol. The third-order valence-electron chi connectivity index (χ3n) is 4.76. The summed E-state index contributed by atoms with van der Waals surface area (Å²) in [6, 6.07) is 15.1. The Balaban J connectivity index is 2.04. The molecule has 1 aliphatic rings. The molecule has 30 heavy (non-hydrogen) atoms. The van der Waals surface area contributed by atoms with Crippen LogP contribution in [-0.2, 0) is 0 Å². The quantitative estimate of drug-likeness (QED) is 0.690. The zero-order chi connectivity index (χ0) is 21.4. The number of halogens is 2. The summed E-state index contributed by atoms with van der Waals surface area (Å²) in [6.07, 6.45) is 1.57. The molecule has 0 saturated carbocycles. The van der Waals surface area contributed by atoms with Crippen LogP contribution in [0.25, 0.3) is 17.5 Å². The summed E-state index contributed by atoms with van der Waals surface area (Å²) in [7, 11) is 0. The number of fused-ring (bicyclic) bond motifs is 1. The average Bonchev–Trinajstić information content (AvgIpc) is 3.06. The van der Waals surface area contributed by atoms with Crippen molar-refractivity contribution in [3.05, 3.63) is 96.4 Å². The number of nitrogens with two attached hydrogens (primary N) is 1. The molecule has 2 heterocycles. The third-order valence-corrected chi connectivity index (χ3v) is 5.87. The number of thiazole rings is 1. The molecule has 0 amide bonds. The van der Waals surface area contributed by atoms with Crippen molar-refractivity contribution in [2.24, 2.45) is 5.73 Å². The van der Waals surface area contributed by atoms with Crippen molar-refractivity contribution in [1.29, 1.82) is 10.5 Å². The highest BCUT2D eigenvalue weighted by atomic mass is 32.1. The highest BCUT2D eigenvalue weighted by Crippen LogP contribution is 2.35. The minimum absolute atomic E-state index is 0.0406. The Kier molecular flexibility index (Phi) is 4.78. The van der Waals surface area contributed by atoms with Crippen LogP contribution in [0, 0.1) is 34.3 Å². The highest BCUT2D eigenvalue weighted by Gasteiger charge is 2.32. The molecule has 0 aliphatic carbocycles. The van der Waals surface area contributed by atoms with Crippen molar-refractivity contribution in [2.45, 2.75) is 5.92 Å². The summed E-state index contributed by atoms with van der Waals surface area (Å²) in [5.41, 5.74) is 7.03. The predicted octanol–water partition coefficient (Wildman–Crippen LogP) is 2.14. The van der Waals surface area contributed by atoms with Crippen molar-refractivity contribution in [3.8, 4) is 12.1 Å². The lowest BCUT2D eigenvalue weighted by molar-refractivity contribution is 0.626. The van der Waals surface area contributed by atoms with E-state index in [0.717, 1.165) is 15.9 Å². The number of nitriles is 2. The third kappa shape index (κ3) is 3.10. The van der Waals surface area contributed by atoms with Gasteiger partial charge in [-0.1, -0.05) is 24.3 Å². The number of nitrogens with zero attached hydrogens (tertiary/aromatic N) is 3. The second-order valence-corrected chi connectivity index (χ2v) is 7.56. The van der Waals surface area contributed by atoms with E-state index in [4.69, 9.17) is 5.73 Å². The van der Waals surface area contributed by atoms with Crippen molar-refractivity contribution in [3.63, 3.8) is 0 Å². The first-order valence-electron chi connectivity index (χ1n) is 8.73. The maximum Gasteiger partial charge on any atom is 0.274 e. The van der Waals surface area contributed by atoms with Crippen molar-refractivity contribution in [2.75, 3.05) is 0 Å². The van der Waals surface area contributed by atoms with Gasteiger partial charge in [-0.2, -0.15) is 10.5 Å². The molecule has 2 aromatic carbocycles. The minimum atomic E-state index is -0.808. The fourth-order valence-electron chi connectivity index (χ4n) is 3.35. The summed E-state index contributed by atoms with van der Waals surface area (Å²) < 4.78 is 28.3. The lowest BCUT2D eigenvalue weighted by Crippen LogP contribution is -2.38. The maximum atomic E-state index is 13.4. The van der Waals surface area contributed by atoms with Gasteiger partial charge in [-0.25, -0.2) is 8.78 Å². The number of allylic oxidation sites excluding steroid dienone is 1. The van der Waals surface area contributed by atoms with Gasteiger partial charge in [0.2, 0.25) is 0 Å². The predicted molar refractivity (Wildman–Crippen MR) is 109 cm³/mol. The Hall–Kier alpha value is -4.01. The topological polar surface area (TPSA) is 95.6 Å². The van der Waals surface area contributed by atoms with Gasteiger partial charge < -0.3 is 5.73 Å². The first-order valence-corrected chi connectivity index (χ1v) is 9.55. The minimum Gasteiger partial charge on any atom is -0.384 e. The van der Waals surface area contributed by atoms with Crippen LogP contribution < -0.4 is 20.5 Å². The lowest BCUT2D eigenvalue weighted by Gasteiger charge is -2.22. The number of hydrogen-bond donors (Lipinski definition) is 1. The van der Waals surface area contributed by atoms with Gasteiger partial charge in [0, 0.05) is 0 Å². The van der Waals surface area contributed by atoms with Gasteiger partial charge in [-0.3, -0.25) is 9.36 Å². The summed E-state index contributed by atoms with van der Waals surface area (Å²) >= 11 is 1.06. The van der Waals surface area contributed by atoms with Gasteiger partial charge in [-0.05, 0) is 41.5 Å². The molecule has 1 aliphatic heterocycles. The van der Waals surface area contributed by atoms with Crippen LogP contribution in [0.3, 0.4) is 0 Å². The lowest BCUT2D eigenvalue weighted by atomic mass is 9.84. The van der Waals surface area contributed by atoms with Crippen molar-refractivity contribution in [1.82, 2.24) is 4.57 Å². The smallest absolute Gasteiger partial charge is 0.274 e. The van der Waals surface area contributed by atoms with Gasteiger partial charge in [0.25, 0.3) is 5.56 Å². The van der Waals surface area contributed by atoms with E-state index in [1.54, 1.807) is 6.08 Å². The van der Waals surface area contributed by atoms with E-state index in [1.807, 2.05) is 6.07 Å². The first kappa shape index (κ1) is 19.3. The molecule has 0 bridgehead atoms. The molecule has 1 aromatic heterocycles. The molecule has 0 radical (unpaired) electrons. The van der Waals surface area contributed by atoms with Crippen LogP contribution in [0.5, 0.6) is 0 Å². The fraction of sp³-hybridized carbons (Fsp3) is 0.0455. The van der Waals surface area contributed by atoms with Crippen LogP contribution in [-0.4, -0.2) is 4.57 Å². The summed E-state index contributed by atoms with van der Waals surface area (Å²) in [4.78, 5) is 13.0. The number of rotatable bonds is 2. The molecule has 146 valence electrons. The van der Waals surface area contributed by atoms with E-state index in [1.165, 1.54) is 48.5 Å². The molecule has 0 spiro atoms. The molecule has 5 nitrogen and oxygen atoms in total. The summed E-state index contributed by atoms with van der Waals surface area (Å²) in [6.45, 7) is 0. The summed E-state index contributed by atoms with van der Waals surface area (Å²) in [5.74, 6) is -1.73. The number of benzene rings is 2. The molecular formula is C22H12F2N4OS. The van der Waals surface area contributed by atoms with Crippen LogP contribution in [0.4, 0.5) is 8.78 Å². The van der Waals surface area contributed by atoms with Crippen LogP contribution in [0.1, 0.15) is 17.0 Å².